The summed E-state index contributed by atoms with van der Waals surface area (Å²) in [5.41, 5.74) is 0.270. The van der Waals surface area contributed by atoms with Crippen LogP contribution in [0.2, 0.25) is 0 Å². The molecule has 2 amide bonds. The van der Waals surface area contributed by atoms with Crippen molar-refractivity contribution in [2.75, 3.05) is 25.4 Å². The van der Waals surface area contributed by atoms with Crippen LogP contribution in [-0.4, -0.2) is 53.6 Å². The van der Waals surface area contributed by atoms with Crippen molar-refractivity contribution >= 4 is 34.1 Å². The summed E-state index contributed by atoms with van der Waals surface area (Å²) in [6.45, 7) is 10.3. The number of allylic oxidation sites excluding steroid dienone is 1. The number of unbranched alkanes of at least 4 members (excludes halogenated alkanes) is 9. The molecule has 0 rings (SSSR count). The summed E-state index contributed by atoms with van der Waals surface area (Å²) in [4.78, 5) is 26.0. The van der Waals surface area contributed by atoms with Gasteiger partial charge in [-0.05, 0) is 34.1 Å². The average molecular weight is 505 g/mol. The first-order chi connectivity index (χ1) is 15.7. The van der Waals surface area contributed by atoms with Crippen molar-refractivity contribution in [3.8, 4) is 0 Å². The van der Waals surface area contributed by atoms with Gasteiger partial charge in [0.1, 0.15) is 5.60 Å². The maximum atomic E-state index is 11.8. The zero-order valence-corrected chi connectivity index (χ0v) is 23.3. The predicted molar refractivity (Wildman–Crippen MR) is 143 cm³/mol. The molecule has 0 fully saturated rings. The van der Waals surface area contributed by atoms with Crippen LogP contribution >= 0.6 is 21.6 Å². The summed E-state index contributed by atoms with van der Waals surface area (Å²) in [5, 5.41) is 12.1. The van der Waals surface area contributed by atoms with Crippen molar-refractivity contribution in [1.29, 1.82) is 0 Å². The number of aliphatic hydroxyl groups is 1. The molecular formula is C25H48N2O4S2. The summed E-state index contributed by atoms with van der Waals surface area (Å²) in [7, 11) is 3.43. The number of rotatable bonds is 20. The van der Waals surface area contributed by atoms with Gasteiger partial charge in [-0.3, -0.25) is 4.79 Å². The summed E-state index contributed by atoms with van der Waals surface area (Å²) >= 11 is 0. The molecule has 0 atom stereocenters. The Balaban J connectivity index is 4.23. The number of nitrogens with one attached hydrogen (secondary N) is 1. The fourth-order valence-corrected chi connectivity index (χ4v) is 5.80. The molecule has 0 bridgehead atoms. The topological polar surface area (TPSA) is 78.9 Å². The highest BCUT2D eigenvalue weighted by Crippen LogP contribution is 2.35. The van der Waals surface area contributed by atoms with Gasteiger partial charge in [0.05, 0.1) is 0 Å². The number of carbonyl (C=O) groups is 2. The predicted octanol–water partition coefficient (Wildman–Crippen LogP) is 6.89. The van der Waals surface area contributed by atoms with Gasteiger partial charge >= 0.3 is 6.09 Å². The molecule has 0 aromatic rings. The van der Waals surface area contributed by atoms with Crippen LogP contribution in [0.1, 0.15) is 105 Å². The average Bonchev–Trinajstić information content (AvgIpc) is 2.75. The molecule has 8 heteroatoms. The van der Waals surface area contributed by atoms with Gasteiger partial charge in [0.2, 0.25) is 6.41 Å². The Bertz CT molecular complexity index is 551. The van der Waals surface area contributed by atoms with E-state index in [0.717, 1.165) is 22.8 Å². The lowest BCUT2D eigenvalue weighted by atomic mass is 10.1. The van der Waals surface area contributed by atoms with E-state index >= 15 is 0 Å². The van der Waals surface area contributed by atoms with Crippen LogP contribution in [-0.2, 0) is 9.53 Å². The molecular weight excluding hydrogens is 456 g/mol. The fourth-order valence-electron chi connectivity index (χ4n) is 3.20. The van der Waals surface area contributed by atoms with Gasteiger partial charge < -0.3 is 20.1 Å². The fraction of sp³-hybridized carbons (Fsp3) is 0.840. The van der Waals surface area contributed by atoms with E-state index in [4.69, 9.17) is 4.74 Å². The molecule has 0 aliphatic rings. The van der Waals surface area contributed by atoms with Gasteiger partial charge in [-0.2, -0.15) is 0 Å². The molecule has 0 heterocycles. The highest BCUT2D eigenvalue weighted by atomic mass is 33.1. The second-order valence-electron chi connectivity index (χ2n) is 9.30. The van der Waals surface area contributed by atoms with Crippen molar-refractivity contribution < 1.29 is 19.4 Å². The number of alkyl carbamates (subject to hydrolysis) is 1. The zero-order valence-electron chi connectivity index (χ0n) is 21.6. The first kappa shape index (κ1) is 32.1. The quantitative estimate of drug-likeness (QED) is 0.107. The van der Waals surface area contributed by atoms with Crippen molar-refractivity contribution in [2.24, 2.45) is 0 Å². The van der Waals surface area contributed by atoms with E-state index in [1.165, 1.54) is 64.2 Å². The van der Waals surface area contributed by atoms with Crippen molar-refractivity contribution in [3.05, 3.63) is 10.6 Å². The summed E-state index contributed by atoms with van der Waals surface area (Å²) in [6, 6.07) is 0. The maximum absolute atomic E-state index is 11.8. The van der Waals surface area contributed by atoms with E-state index in [9.17, 15) is 14.7 Å². The van der Waals surface area contributed by atoms with Crippen LogP contribution in [0, 0.1) is 0 Å². The molecule has 33 heavy (non-hydrogen) atoms. The van der Waals surface area contributed by atoms with E-state index in [2.05, 4.69) is 12.2 Å². The molecule has 6 nitrogen and oxygen atoms in total. The lowest BCUT2D eigenvalue weighted by molar-refractivity contribution is -0.116. The third-order valence-corrected chi connectivity index (χ3v) is 7.79. The van der Waals surface area contributed by atoms with Gasteiger partial charge in [-0.1, -0.05) is 86.3 Å². The van der Waals surface area contributed by atoms with Crippen LogP contribution in [0.25, 0.3) is 0 Å². The van der Waals surface area contributed by atoms with Crippen molar-refractivity contribution in [2.45, 2.75) is 111 Å². The lowest BCUT2D eigenvalue weighted by Crippen LogP contribution is -2.37. The van der Waals surface area contributed by atoms with Gasteiger partial charge in [-0.25, -0.2) is 4.79 Å². The van der Waals surface area contributed by atoms with Crippen LogP contribution < -0.4 is 5.32 Å². The second kappa shape index (κ2) is 20.5. The zero-order chi connectivity index (χ0) is 25.0. The van der Waals surface area contributed by atoms with E-state index < -0.39 is 11.7 Å². The Morgan fingerprint density at radius 2 is 1.61 bits per heavy atom. The first-order valence-corrected chi connectivity index (χ1v) is 14.9. The number of amides is 2. The molecule has 0 aliphatic heterocycles. The van der Waals surface area contributed by atoms with Gasteiger partial charge in [0.25, 0.3) is 0 Å². The minimum Gasteiger partial charge on any atom is -0.444 e. The standard InChI is InChI=1S/C25H48N2O4S2/c1-6-7-8-9-10-11-12-13-14-15-20-32-33-23(16-19-28)22(2)27(21-29)18-17-26-24(30)31-25(3,4)5/h21,28H,6-20H2,1-5H3,(H,26,30). The van der Waals surface area contributed by atoms with Gasteiger partial charge in [0.15, 0.2) is 0 Å². The summed E-state index contributed by atoms with van der Waals surface area (Å²) in [6.07, 6.45) is 14.1. The number of carbonyl (C=O) groups excluding carboxylic acids is 2. The molecule has 0 unspecified atom stereocenters. The molecule has 0 radical (unpaired) electrons. The molecule has 0 aromatic carbocycles. The summed E-state index contributed by atoms with van der Waals surface area (Å²) in [5.74, 6) is 1.06. The second-order valence-corrected chi connectivity index (χ2v) is 11.8. The Labute approximate surface area is 210 Å². The third-order valence-electron chi connectivity index (χ3n) is 5.06. The highest BCUT2D eigenvalue weighted by molar-refractivity contribution is 8.78. The van der Waals surface area contributed by atoms with Gasteiger partial charge in [0, 0.05) is 42.5 Å². The molecule has 2 N–H and O–H groups in total. The number of aliphatic hydroxyl groups excluding tert-OH is 1. The largest absolute Gasteiger partial charge is 0.444 e. The van der Waals surface area contributed by atoms with Crippen LogP contribution in [0.5, 0.6) is 0 Å². The van der Waals surface area contributed by atoms with Gasteiger partial charge in [-0.15, -0.1) is 0 Å². The van der Waals surface area contributed by atoms with E-state index in [1.807, 2.05) is 27.7 Å². The Hall–Kier alpha value is -0.860. The smallest absolute Gasteiger partial charge is 0.407 e. The molecule has 0 aliphatic carbocycles. The van der Waals surface area contributed by atoms with Crippen LogP contribution in [0.15, 0.2) is 10.6 Å². The summed E-state index contributed by atoms with van der Waals surface area (Å²) < 4.78 is 5.22. The number of hydrogen-bond acceptors (Lipinski definition) is 6. The van der Waals surface area contributed by atoms with E-state index in [-0.39, 0.29) is 6.61 Å². The number of ether oxygens (including phenoxy) is 1. The van der Waals surface area contributed by atoms with Crippen LogP contribution in [0.4, 0.5) is 4.79 Å². The highest BCUT2D eigenvalue weighted by Gasteiger charge is 2.16. The minimum absolute atomic E-state index is 0.0430. The first-order valence-electron chi connectivity index (χ1n) is 12.5. The van der Waals surface area contributed by atoms with E-state index in [0.29, 0.717) is 19.5 Å². The lowest BCUT2D eigenvalue weighted by Gasteiger charge is -2.23. The third kappa shape index (κ3) is 19.2. The SMILES string of the molecule is CCCCCCCCCCCCSSC(CCO)=C(C)N(C=O)CCNC(=O)OC(C)(C)C. The Morgan fingerprint density at radius 3 is 2.12 bits per heavy atom. The minimum atomic E-state index is -0.555. The molecule has 0 saturated carbocycles. The molecule has 194 valence electrons. The molecule has 0 saturated heterocycles. The van der Waals surface area contributed by atoms with Crippen molar-refractivity contribution in [1.82, 2.24) is 10.2 Å². The molecule has 0 spiro atoms. The maximum Gasteiger partial charge on any atom is 0.407 e. The monoisotopic (exact) mass is 504 g/mol. The number of nitrogens with zero attached hydrogens (tertiary/aromatic N) is 1. The number of hydrogen-bond donors (Lipinski definition) is 2. The van der Waals surface area contributed by atoms with Crippen molar-refractivity contribution in [3.63, 3.8) is 0 Å². The van der Waals surface area contributed by atoms with Crippen LogP contribution in [0.3, 0.4) is 0 Å². The normalized spacial score (nSPS) is 12.3. The Morgan fingerprint density at radius 1 is 1.03 bits per heavy atom. The Kier molecular flexibility index (Phi) is 20.0. The van der Waals surface area contributed by atoms with E-state index in [1.54, 1.807) is 26.5 Å². The molecule has 0 aromatic heterocycles.